The number of carbonyl (C=O) groups excluding carboxylic acids is 1. The summed E-state index contributed by atoms with van der Waals surface area (Å²) in [5.74, 6) is 0.465. The zero-order valence-corrected chi connectivity index (χ0v) is 17.0. The molecule has 3 heterocycles. The third-order valence-corrected chi connectivity index (χ3v) is 5.55. The van der Waals surface area contributed by atoms with Crippen molar-refractivity contribution in [1.82, 2.24) is 4.90 Å². The van der Waals surface area contributed by atoms with E-state index in [2.05, 4.69) is 0 Å². The fourth-order valence-corrected chi connectivity index (χ4v) is 3.99. The van der Waals surface area contributed by atoms with Crippen molar-refractivity contribution in [3.63, 3.8) is 0 Å². The standard InChI is InChI=1S/C17H23NO5.C5H6O/c1-9-3-4-11(10(2)7-9)17(22)23-13-8-18-6-5-12(19)14(18)16(21)15(13)20;1-5-3-2-4-6-5/h3-4,7,12-16,19-21H,5-6,8H2,1-2H3;2-4H,1H3/t12-,13-,14+,15+,16+;/m0./s1. The molecule has 5 atom stereocenters. The van der Waals surface area contributed by atoms with Crippen molar-refractivity contribution in [2.24, 2.45) is 0 Å². The largest absolute Gasteiger partial charge is 0.470 e. The Morgan fingerprint density at radius 1 is 1.14 bits per heavy atom. The second kappa shape index (κ2) is 9.09. The molecule has 2 aromatic rings. The number of aliphatic hydroxyl groups excluding tert-OH is 3. The van der Waals surface area contributed by atoms with E-state index >= 15 is 0 Å². The monoisotopic (exact) mass is 403 g/mol. The van der Waals surface area contributed by atoms with Gasteiger partial charge in [0.05, 0.1) is 24.0 Å². The van der Waals surface area contributed by atoms with Crippen LogP contribution in [0, 0.1) is 20.8 Å². The van der Waals surface area contributed by atoms with Gasteiger partial charge in [0.25, 0.3) is 0 Å². The lowest BCUT2D eigenvalue weighted by Crippen LogP contribution is -2.62. The Hall–Kier alpha value is -2.19. The van der Waals surface area contributed by atoms with Crippen LogP contribution in [0.4, 0.5) is 0 Å². The van der Waals surface area contributed by atoms with Gasteiger partial charge in [0.15, 0.2) is 0 Å². The summed E-state index contributed by atoms with van der Waals surface area (Å²) in [6, 6.07) is 8.75. The number of rotatable bonds is 2. The number of aliphatic hydroxyl groups is 3. The van der Waals surface area contributed by atoms with Crippen LogP contribution < -0.4 is 0 Å². The highest BCUT2D eigenvalue weighted by molar-refractivity contribution is 5.91. The first-order chi connectivity index (χ1) is 13.8. The molecule has 0 spiro atoms. The van der Waals surface area contributed by atoms with Gasteiger partial charge in [0, 0.05) is 13.1 Å². The second-order valence-corrected chi connectivity index (χ2v) is 7.81. The lowest BCUT2D eigenvalue weighted by Gasteiger charge is -2.42. The zero-order valence-electron chi connectivity index (χ0n) is 17.0. The van der Waals surface area contributed by atoms with Gasteiger partial charge in [0.1, 0.15) is 24.1 Å². The molecule has 0 amide bonds. The Labute approximate surface area is 170 Å². The molecule has 7 heteroatoms. The maximum Gasteiger partial charge on any atom is 0.338 e. The molecule has 4 rings (SSSR count). The predicted octanol–water partition coefficient (Wildman–Crippen LogP) is 1.59. The normalized spacial score (nSPS) is 29.0. The van der Waals surface area contributed by atoms with Gasteiger partial charge in [-0.25, -0.2) is 4.79 Å². The minimum Gasteiger partial charge on any atom is -0.470 e. The summed E-state index contributed by atoms with van der Waals surface area (Å²) >= 11 is 0. The van der Waals surface area contributed by atoms with Gasteiger partial charge in [-0.05, 0) is 51.0 Å². The summed E-state index contributed by atoms with van der Waals surface area (Å²) in [5.41, 5.74) is 2.33. The predicted molar refractivity (Wildman–Crippen MR) is 107 cm³/mol. The van der Waals surface area contributed by atoms with Gasteiger partial charge < -0.3 is 24.5 Å². The van der Waals surface area contributed by atoms with Crippen molar-refractivity contribution < 1.29 is 29.3 Å². The van der Waals surface area contributed by atoms with Crippen LogP contribution in [0.25, 0.3) is 0 Å². The number of ether oxygens (including phenoxy) is 1. The molecule has 0 saturated carbocycles. The van der Waals surface area contributed by atoms with Crippen LogP contribution in [-0.2, 0) is 4.74 Å². The molecule has 2 aliphatic heterocycles. The van der Waals surface area contributed by atoms with E-state index in [0.717, 1.165) is 16.9 Å². The van der Waals surface area contributed by atoms with Gasteiger partial charge >= 0.3 is 5.97 Å². The second-order valence-electron chi connectivity index (χ2n) is 7.81. The first-order valence-corrected chi connectivity index (χ1v) is 9.84. The molecule has 0 aliphatic carbocycles. The van der Waals surface area contributed by atoms with Crippen LogP contribution >= 0.6 is 0 Å². The third-order valence-electron chi connectivity index (χ3n) is 5.55. The average Bonchev–Trinajstić information content (AvgIpc) is 3.28. The van der Waals surface area contributed by atoms with E-state index in [9.17, 15) is 20.1 Å². The maximum absolute atomic E-state index is 12.4. The fraction of sp³-hybridized carbons (Fsp3) is 0.500. The number of hydrogen-bond donors (Lipinski definition) is 3. The average molecular weight is 403 g/mol. The highest BCUT2D eigenvalue weighted by Gasteiger charge is 2.49. The van der Waals surface area contributed by atoms with E-state index in [-0.39, 0.29) is 0 Å². The molecule has 3 N–H and O–H groups in total. The molecule has 2 fully saturated rings. The zero-order chi connectivity index (χ0) is 21.1. The van der Waals surface area contributed by atoms with Crippen molar-refractivity contribution in [3.8, 4) is 0 Å². The Bertz CT molecular complexity index is 821. The smallest absolute Gasteiger partial charge is 0.338 e. The summed E-state index contributed by atoms with van der Waals surface area (Å²) in [4.78, 5) is 14.2. The van der Waals surface area contributed by atoms with Crippen molar-refractivity contribution >= 4 is 5.97 Å². The van der Waals surface area contributed by atoms with E-state index in [1.165, 1.54) is 0 Å². The van der Waals surface area contributed by atoms with Gasteiger partial charge in [-0.2, -0.15) is 0 Å². The molecule has 2 saturated heterocycles. The van der Waals surface area contributed by atoms with Gasteiger partial charge in [-0.15, -0.1) is 0 Å². The van der Waals surface area contributed by atoms with Crippen molar-refractivity contribution in [2.45, 2.75) is 57.6 Å². The lowest BCUT2D eigenvalue weighted by atomic mass is 9.93. The molecular formula is C22H29NO6. The number of esters is 1. The highest BCUT2D eigenvalue weighted by Crippen LogP contribution is 2.30. The SMILES string of the molecule is Cc1ccc(C(=O)O[C@H]2CN3CC[C@H](O)[C@@H]3[C@@H](O)[C@@H]2O)c(C)c1.Cc1ccco1. The van der Waals surface area contributed by atoms with Crippen LogP contribution in [0.15, 0.2) is 41.0 Å². The Balaban J connectivity index is 0.000000343. The van der Waals surface area contributed by atoms with E-state index < -0.39 is 36.4 Å². The minimum absolute atomic E-state index is 0.316. The third kappa shape index (κ3) is 4.87. The summed E-state index contributed by atoms with van der Waals surface area (Å²) in [6.07, 6.45) is -1.58. The van der Waals surface area contributed by atoms with Crippen molar-refractivity contribution in [3.05, 3.63) is 59.0 Å². The molecule has 7 nitrogen and oxygen atoms in total. The molecule has 0 radical (unpaired) electrons. The summed E-state index contributed by atoms with van der Waals surface area (Å²) < 4.78 is 10.3. The fourth-order valence-electron chi connectivity index (χ4n) is 3.99. The number of furan rings is 1. The van der Waals surface area contributed by atoms with Gasteiger partial charge in [-0.1, -0.05) is 17.7 Å². The van der Waals surface area contributed by atoms with E-state index in [0.29, 0.717) is 25.1 Å². The summed E-state index contributed by atoms with van der Waals surface area (Å²) in [5, 5.41) is 30.4. The molecule has 29 heavy (non-hydrogen) atoms. The first-order valence-electron chi connectivity index (χ1n) is 9.84. The van der Waals surface area contributed by atoms with Crippen molar-refractivity contribution in [2.75, 3.05) is 13.1 Å². The number of carbonyl (C=O) groups is 1. The number of piperidine rings is 1. The first kappa shape index (κ1) is 21.5. The number of hydrogen-bond acceptors (Lipinski definition) is 7. The van der Waals surface area contributed by atoms with Gasteiger partial charge in [-0.3, -0.25) is 4.90 Å². The van der Waals surface area contributed by atoms with Crippen LogP contribution in [0.5, 0.6) is 0 Å². The van der Waals surface area contributed by atoms with Gasteiger partial charge in [0.2, 0.25) is 0 Å². The Morgan fingerprint density at radius 3 is 2.48 bits per heavy atom. The minimum atomic E-state index is -1.20. The van der Waals surface area contributed by atoms with E-state index in [1.807, 2.05) is 49.9 Å². The molecule has 1 aromatic carbocycles. The Kier molecular flexibility index (Phi) is 6.74. The highest BCUT2D eigenvalue weighted by atomic mass is 16.6. The Morgan fingerprint density at radius 2 is 1.90 bits per heavy atom. The summed E-state index contributed by atoms with van der Waals surface area (Å²) in [7, 11) is 0. The quantitative estimate of drug-likeness (QED) is 0.654. The van der Waals surface area contributed by atoms with Crippen LogP contribution in [-0.4, -0.2) is 69.7 Å². The van der Waals surface area contributed by atoms with Crippen LogP contribution in [0.2, 0.25) is 0 Å². The molecule has 0 unspecified atom stereocenters. The molecule has 0 bridgehead atoms. The molecule has 158 valence electrons. The van der Waals surface area contributed by atoms with Crippen LogP contribution in [0.3, 0.4) is 0 Å². The van der Waals surface area contributed by atoms with E-state index in [4.69, 9.17) is 9.15 Å². The van der Waals surface area contributed by atoms with Crippen LogP contribution in [0.1, 0.15) is 33.7 Å². The lowest BCUT2D eigenvalue weighted by molar-refractivity contribution is -0.143. The number of benzene rings is 1. The number of nitrogens with zero attached hydrogens (tertiary/aromatic N) is 1. The molecule has 1 aromatic heterocycles. The maximum atomic E-state index is 12.4. The topological polar surface area (TPSA) is 103 Å². The van der Waals surface area contributed by atoms with Crippen molar-refractivity contribution in [1.29, 1.82) is 0 Å². The number of aryl methyl sites for hydroxylation is 3. The molecule has 2 aliphatic rings. The van der Waals surface area contributed by atoms with E-state index in [1.54, 1.807) is 12.3 Å². The summed E-state index contributed by atoms with van der Waals surface area (Å²) in [6.45, 7) is 6.63. The number of fused-ring (bicyclic) bond motifs is 1. The molecular weight excluding hydrogens is 374 g/mol.